The molecule has 2 rings (SSSR count). The van der Waals surface area contributed by atoms with Crippen LogP contribution < -0.4 is 15.4 Å². The van der Waals surface area contributed by atoms with Crippen molar-refractivity contribution >= 4 is 29.9 Å². The first-order valence-corrected chi connectivity index (χ1v) is 8.60. The Balaban J connectivity index is 0.00000338. The van der Waals surface area contributed by atoms with E-state index < -0.39 is 0 Å². The quantitative estimate of drug-likeness (QED) is 0.227. The molecular weight excluding hydrogens is 445 g/mol. The summed E-state index contributed by atoms with van der Waals surface area (Å²) in [5, 5.41) is 6.56. The molecule has 0 aliphatic rings. The number of hydrogen-bond donors (Lipinski definition) is 2. The van der Waals surface area contributed by atoms with E-state index in [9.17, 15) is 0 Å². The van der Waals surface area contributed by atoms with Crippen LogP contribution in [0.5, 0.6) is 5.75 Å². The molecule has 0 fully saturated rings. The van der Waals surface area contributed by atoms with Crippen molar-refractivity contribution < 1.29 is 13.9 Å². The molecule has 0 unspecified atom stereocenters. The van der Waals surface area contributed by atoms with Crippen LogP contribution in [0.25, 0.3) is 0 Å². The minimum Gasteiger partial charge on any atom is -0.494 e. The van der Waals surface area contributed by atoms with Crippen LogP contribution in [0.2, 0.25) is 0 Å². The summed E-state index contributed by atoms with van der Waals surface area (Å²) in [6.45, 7) is 3.44. The smallest absolute Gasteiger partial charge is 0.191 e. The lowest BCUT2D eigenvalue weighted by Gasteiger charge is -2.12. The Morgan fingerprint density at radius 3 is 2.58 bits per heavy atom. The summed E-state index contributed by atoms with van der Waals surface area (Å²) in [5.41, 5.74) is 0. The molecule has 0 atom stereocenters. The van der Waals surface area contributed by atoms with Crippen LogP contribution >= 0.6 is 24.0 Å². The second-order valence-electron chi connectivity index (χ2n) is 5.42. The maximum Gasteiger partial charge on any atom is 0.191 e. The summed E-state index contributed by atoms with van der Waals surface area (Å²) in [6.07, 6.45) is 3.35. The molecule has 7 heteroatoms. The first-order chi connectivity index (χ1) is 12.4. The molecule has 0 saturated heterocycles. The largest absolute Gasteiger partial charge is 0.494 e. The van der Waals surface area contributed by atoms with Crippen molar-refractivity contribution in [1.82, 2.24) is 10.6 Å². The third-order valence-corrected chi connectivity index (χ3v) is 3.43. The average Bonchev–Trinajstić information content (AvgIpc) is 3.15. The van der Waals surface area contributed by atoms with E-state index in [4.69, 9.17) is 13.9 Å². The molecular formula is C19H28IN3O3. The zero-order chi connectivity index (χ0) is 17.6. The van der Waals surface area contributed by atoms with Gasteiger partial charge in [0.1, 0.15) is 11.5 Å². The fourth-order valence-corrected chi connectivity index (χ4v) is 2.17. The molecule has 144 valence electrons. The summed E-state index contributed by atoms with van der Waals surface area (Å²) >= 11 is 0. The average molecular weight is 473 g/mol. The van der Waals surface area contributed by atoms with Crippen molar-refractivity contribution in [1.29, 1.82) is 0 Å². The van der Waals surface area contributed by atoms with Crippen LogP contribution in [0.3, 0.4) is 0 Å². The van der Waals surface area contributed by atoms with Gasteiger partial charge in [0.25, 0.3) is 0 Å². The standard InChI is InChI=1S/C19H27N3O3.HI/c1-23-16-13-22-19(21-12-10-18-9-5-14-24-18)20-11-6-15-25-17-7-3-2-4-8-17;/h2-5,7-9,14H,6,10-13,15-16H2,1H3,(H2,20,21,22);1H. The monoisotopic (exact) mass is 473 g/mol. The lowest BCUT2D eigenvalue weighted by atomic mass is 10.3. The Labute approximate surface area is 172 Å². The van der Waals surface area contributed by atoms with Crippen molar-refractivity contribution in [2.75, 3.05) is 40.0 Å². The van der Waals surface area contributed by atoms with E-state index >= 15 is 0 Å². The van der Waals surface area contributed by atoms with Crippen LogP contribution in [0, 0.1) is 0 Å². The van der Waals surface area contributed by atoms with Gasteiger partial charge in [0, 0.05) is 39.6 Å². The number of nitrogens with one attached hydrogen (secondary N) is 2. The van der Waals surface area contributed by atoms with E-state index in [-0.39, 0.29) is 24.0 Å². The van der Waals surface area contributed by atoms with Gasteiger partial charge in [-0.3, -0.25) is 4.99 Å². The predicted molar refractivity (Wildman–Crippen MR) is 115 cm³/mol. The van der Waals surface area contributed by atoms with Gasteiger partial charge in [-0.25, -0.2) is 0 Å². The summed E-state index contributed by atoms with van der Waals surface area (Å²) < 4.78 is 16.1. The van der Waals surface area contributed by atoms with E-state index in [1.165, 1.54) is 0 Å². The summed E-state index contributed by atoms with van der Waals surface area (Å²) in [6, 6.07) is 13.7. The van der Waals surface area contributed by atoms with E-state index in [1.807, 2.05) is 42.5 Å². The molecule has 2 aromatic rings. The molecule has 0 saturated carbocycles. The molecule has 6 nitrogen and oxygen atoms in total. The van der Waals surface area contributed by atoms with Crippen LogP contribution in [0.1, 0.15) is 12.2 Å². The van der Waals surface area contributed by atoms with Gasteiger partial charge in [-0.15, -0.1) is 24.0 Å². The van der Waals surface area contributed by atoms with E-state index in [0.717, 1.165) is 36.9 Å². The fourth-order valence-electron chi connectivity index (χ4n) is 2.17. The molecule has 0 radical (unpaired) electrons. The van der Waals surface area contributed by atoms with Gasteiger partial charge in [0.05, 0.1) is 19.5 Å². The zero-order valence-corrected chi connectivity index (χ0v) is 17.5. The zero-order valence-electron chi connectivity index (χ0n) is 15.1. The third-order valence-electron chi connectivity index (χ3n) is 3.43. The second kappa shape index (κ2) is 14.4. The number of ether oxygens (including phenoxy) is 2. The molecule has 0 bridgehead atoms. The lowest BCUT2D eigenvalue weighted by molar-refractivity contribution is 0.203. The Morgan fingerprint density at radius 2 is 1.85 bits per heavy atom. The van der Waals surface area contributed by atoms with Gasteiger partial charge in [0.15, 0.2) is 5.96 Å². The lowest BCUT2D eigenvalue weighted by Crippen LogP contribution is -2.40. The minimum atomic E-state index is 0. The van der Waals surface area contributed by atoms with Crippen LogP contribution in [0.15, 0.2) is 58.1 Å². The number of guanidine groups is 1. The molecule has 2 N–H and O–H groups in total. The van der Waals surface area contributed by atoms with Gasteiger partial charge in [-0.05, 0) is 24.3 Å². The number of benzene rings is 1. The number of nitrogens with zero attached hydrogens (tertiary/aromatic N) is 1. The highest BCUT2D eigenvalue weighted by molar-refractivity contribution is 14.0. The molecule has 0 aliphatic heterocycles. The molecule has 0 spiro atoms. The molecule has 1 aromatic carbocycles. The van der Waals surface area contributed by atoms with Crippen LogP contribution in [-0.4, -0.2) is 45.9 Å². The Hall–Kier alpha value is -1.74. The second-order valence-corrected chi connectivity index (χ2v) is 5.42. The maximum atomic E-state index is 5.67. The van der Waals surface area contributed by atoms with Gasteiger partial charge in [-0.2, -0.15) is 0 Å². The number of halogens is 1. The minimum absolute atomic E-state index is 0. The van der Waals surface area contributed by atoms with E-state index in [0.29, 0.717) is 26.3 Å². The highest BCUT2D eigenvalue weighted by Gasteiger charge is 2.00. The van der Waals surface area contributed by atoms with Gasteiger partial charge < -0.3 is 24.5 Å². The highest BCUT2D eigenvalue weighted by atomic mass is 127. The molecule has 0 aliphatic carbocycles. The summed E-state index contributed by atoms with van der Waals surface area (Å²) in [4.78, 5) is 4.57. The number of aliphatic imine (C=N–C) groups is 1. The van der Waals surface area contributed by atoms with E-state index in [2.05, 4.69) is 15.6 Å². The van der Waals surface area contributed by atoms with E-state index in [1.54, 1.807) is 13.4 Å². The first kappa shape index (κ1) is 22.3. The topological polar surface area (TPSA) is 68.0 Å². The van der Waals surface area contributed by atoms with Crippen molar-refractivity contribution in [3.05, 3.63) is 54.5 Å². The number of furan rings is 1. The molecule has 1 aromatic heterocycles. The van der Waals surface area contributed by atoms with Crippen molar-refractivity contribution in [2.24, 2.45) is 4.99 Å². The molecule has 0 amide bonds. The van der Waals surface area contributed by atoms with Crippen molar-refractivity contribution in [2.45, 2.75) is 12.8 Å². The summed E-state index contributed by atoms with van der Waals surface area (Å²) in [7, 11) is 1.68. The first-order valence-electron chi connectivity index (χ1n) is 8.60. The van der Waals surface area contributed by atoms with Gasteiger partial charge in [0.2, 0.25) is 0 Å². The predicted octanol–water partition coefficient (Wildman–Crippen LogP) is 3.09. The Bertz CT molecular complexity index is 591. The fraction of sp³-hybridized carbons (Fsp3) is 0.421. The van der Waals surface area contributed by atoms with Gasteiger partial charge in [-0.1, -0.05) is 18.2 Å². The number of rotatable bonds is 11. The third kappa shape index (κ3) is 9.67. The Morgan fingerprint density at radius 1 is 1.04 bits per heavy atom. The SMILES string of the molecule is COCCNC(=NCCCOc1ccccc1)NCCc1ccco1.I. The normalized spacial score (nSPS) is 10.9. The number of hydrogen-bond acceptors (Lipinski definition) is 4. The van der Waals surface area contributed by atoms with Crippen LogP contribution in [-0.2, 0) is 11.2 Å². The molecule has 26 heavy (non-hydrogen) atoms. The number of methoxy groups -OCH3 is 1. The van der Waals surface area contributed by atoms with Crippen molar-refractivity contribution in [3.8, 4) is 5.75 Å². The molecule has 1 heterocycles. The van der Waals surface area contributed by atoms with Crippen molar-refractivity contribution in [3.63, 3.8) is 0 Å². The maximum absolute atomic E-state index is 5.67. The Kier molecular flexibility index (Phi) is 12.4. The highest BCUT2D eigenvalue weighted by Crippen LogP contribution is 2.08. The number of para-hydroxylation sites is 1. The van der Waals surface area contributed by atoms with Crippen LogP contribution in [0.4, 0.5) is 0 Å². The van der Waals surface area contributed by atoms with Gasteiger partial charge >= 0.3 is 0 Å². The summed E-state index contributed by atoms with van der Waals surface area (Å²) in [5.74, 6) is 2.63.